The zero-order valence-corrected chi connectivity index (χ0v) is 11.7. The quantitative estimate of drug-likeness (QED) is 0.880. The third-order valence-electron chi connectivity index (χ3n) is 2.54. The lowest BCUT2D eigenvalue weighted by molar-refractivity contribution is 0.0935. The third-order valence-corrected chi connectivity index (χ3v) is 3.60. The molecule has 5 nitrogen and oxygen atoms in total. The van der Waals surface area contributed by atoms with Crippen molar-refractivity contribution in [3.63, 3.8) is 0 Å². The molecular weight excluding hydrogens is 260 g/mol. The Bertz CT molecular complexity index is 541. The molecule has 0 bridgehead atoms. The van der Waals surface area contributed by atoms with E-state index in [-0.39, 0.29) is 11.9 Å². The number of rotatable bonds is 5. The number of hydrogen-bond donors (Lipinski definition) is 2. The van der Waals surface area contributed by atoms with Gasteiger partial charge in [0.25, 0.3) is 5.91 Å². The van der Waals surface area contributed by atoms with Crippen LogP contribution in [0, 0.1) is 0 Å². The van der Waals surface area contributed by atoms with Crippen molar-refractivity contribution >= 4 is 23.1 Å². The van der Waals surface area contributed by atoms with E-state index in [0.717, 1.165) is 11.4 Å². The minimum Gasteiger partial charge on any atom is -0.369 e. The minimum absolute atomic E-state index is 0.0305. The van der Waals surface area contributed by atoms with Crippen molar-refractivity contribution in [1.29, 1.82) is 0 Å². The fourth-order valence-corrected chi connectivity index (χ4v) is 2.36. The van der Waals surface area contributed by atoms with Crippen LogP contribution in [0.25, 0.3) is 0 Å². The Morgan fingerprint density at radius 2 is 2.32 bits per heavy atom. The van der Waals surface area contributed by atoms with Gasteiger partial charge in [0.05, 0.1) is 18.4 Å². The predicted molar refractivity (Wildman–Crippen MR) is 76.4 cm³/mol. The molecule has 2 N–H and O–H groups in total. The summed E-state index contributed by atoms with van der Waals surface area (Å²) in [6.07, 6.45) is 3.07. The van der Waals surface area contributed by atoms with Crippen molar-refractivity contribution in [2.24, 2.45) is 0 Å². The zero-order valence-electron chi connectivity index (χ0n) is 10.9. The van der Waals surface area contributed by atoms with Crippen LogP contribution in [-0.4, -0.2) is 22.4 Å². The van der Waals surface area contributed by atoms with Gasteiger partial charge in [0.15, 0.2) is 0 Å². The van der Waals surface area contributed by atoms with Gasteiger partial charge in [-0.15, -0.1) is 11.3 Å². The standard InChI is InChI=1S/C13H16N4OS/c1-3-15-12-8-14-7-10(17-12)13(18)16-9(2)11-5-4-6-19-11/h4-9H,3H2,1-2H3,(H,15,17)(H,16,18). The van der Waals surface area contributed by atoms with Gasteiger partial charge in [-0.25, -0.2) is 4.98 Å². The second-order valence-corrected chi connectivity index (χ2v) is 5.01. The van der Waals surface area contributed by atoms with Crippen LogP contribution in [0.5, 0.6) is 0 Å². The van der Waals surface area contributed by atoms with Gasteiger partial charge in [0.2, 0.25) is 0 Å². The number of hydrogen-bond acceptors (Lipinski definition) is 5. The number of nitrogens with one attached hydrogen (secondary N) is 2. The number of thiophene rings is 1. The van der Waals surface area contributed by atoms with Crippen LogP contribution in [0.15, 0.2) is 29.9 Å². The van der Waals surface area contributed by atoms with Gasteiger partial charge >= 0.3 is 0 Å². The highest BCUT2D eigenvalue weighted by molar-refractivity contribution is 7.10. The molecule has 100 valence electrons. The molecule has 2 aromatic heterocycles. The fraction of sp³-hybridized carbons (Fsp3) is 0.308. The molecule has 0 aliphatic heterocycles. The number of anilines is 1. The predicted octanol–water partition coefficient (Wildman–Crippen LogP) is 2.46. The second kappa shape index (κ2) is 6.29. The Morgan fingerprint density at radius 3 is 3.00 bits per heavy atom. The van der Waals surface area contributed by atoms with E-state index in [1.807, 2.05) is 31.4 Å². The first-order valence-electron chi connectivity index (χ1n) is 6.11. The number of aromatic nitrogens is 2. The Hall–Kier alpha value is -1.95. The van der Waals surface area contributed by atoms with Gasteiger partial charge in [0.1, 0.15) is 11.5 Å². The summed E-state index contributed by atoms with van der Waals surface area (Å²) in [6, 6.07) is 3.93. The Balaban J connectivity index is 2.05. The van der Waals surface area contributed by atoms with E-state index < -0.39 is 0 Å². The average molecular weight is 276 g/mol. The molecule has 2 heterocycles. The van der Waals surface area contributed by atoms with Gasteiger partial charge in [-0.2, -0.15) is 0 Å². The van der Waals surface area contributed by atoms with Crippen molar-refractivity contribution in [3.8, 4) is 0 Å². The lowest BCUT2D eigenvalue weighted by Crippen LogP contribution is -2.27. The molecule has 0 fully saturated rings. The summed E-state index contributed by atoms with van der Waals surface area (Å²) in [6.45, 7) is 4.66. The van der Waals surface area contributed by atoms with Crippen LogP contribution in [0.1, 0.15) is 35.3 Å². The van der Waals surface area contributed by atoms with Crippen LogP contribution in [0.2, 0.25) is 0 Å². The fourth-order valence-electron chi connectivity index (χ4n) is 1.62. The smallest absolute Gasteiger partial charge is 0.272 e. The average Bonchev–Trinajstić information content (AvgIpc) is 2.93. The van der Waals surface area contributed by atoms with Crippen LogP contribution in [0.4, 0.5) is 5.82 Å². The highest BCUT2D eigenvalue weighted by atomic mass is 32.1. The summed E-state index contributed by atoms with van der Waals surface area (Å²) < 4.78 is 0. The van der Waals surface area contributed by atoms with Crippen LogP contribution in [-0.2, 0) is 0 Å². The number of nitrogens with zero attached hydrogens (tertiary/aromatic N) is 2. The van der Waals surface area contributed by atoms with Crippen molar-refractivity contribution in [1.82, 2.24) is 15.3 Å². The van der Waals surface area contributed by atoms with Gasteiger partial charge in [0, 0.05) is 11.4 Å². The molecule has 0 aliphatic carbocycles. The van der Waals surface area contributed by atoms with Crippen molar-refractivity contribution in [3.05, 3.63) is 40.5 Å². The van der Waals surface area contributed by atoms with E-state index >= 15 is 0 Å². The maximum Gasteiger partial charge on any atom is 0.272 e. The number of amides is 1. The Labute approximate surface area is 116 Å². The molecule has 0 radical (unpaired) electrons. The Morgan fingerprint density at radius 1 is 1.47 bits per heavy atom. The molecule has 1 amide bonds. The number of carbonyl (C=O) groups is 1. The van der Waals surface area contributed by atoms with Gasteiger partial charge < -0.3 is 10.6 Å². The molecule has 0 saturated heterocycles. The van der Waals surface area contributed by atoms with Crippen molar-refractivity contribution in [2.45, 2.75) is 19.9 Å². The van der Waals surface area contributed by atoms with Crippen LogP contribution in [0.3, 0.4) is 0 Å². The van der Waals surface area contributed by atoms with Gasteiger partial charge in [-0.3, -0.25) is 9.78 Å². The summed E-state index contributed by atoms with van der Waals surface area (Å²) >= 11 is 1.62. The first kappa shape index (κ1) is 13.5. The second-order valence-electron chi connectivity index (χ2n) is 4.03. The molecule has 19 heavy (non-hydrogen) atoms. The minimum atomic E-state index is -0.215. The van der Waals surface area contributed by atoms with Crippen LogP contribution < -0.4 is 10.6 Å². The molecule has 0 aromatic carbocycles. The SMILES string of the molecule is CCNc1cncc(C(=O)NC(C)c2cccs2)n1. The highest BCUT2D eigenvalue weighted by Crippen LogP contribution is 2.18. The van der Waals surface area contributed by atoms with E-state index in [9.17, 15) is 4.79 Å². The van der Waals surface area contributed by atoms with Gasteiger partial charge in [-0.05, 0) is 25.3 Å². The topological polar surface area (TPSA) is 66.9 Å². The lowest BCUT2D eigenvalue weighted by atomic mass is 10.2. The maximum absolute atomic E-state index is 12.1. The molecule has 2 aromatic rings. The molecule has 2 rings (SSSR count). The summed E-state index contributed by atoms with van der Waals surface area (Å²) in [5.74, 6) is 0.395. The molecule has 0 aliphatic rings. The Kier molecular flexibility index (Phi) is 4.46. The monoisotopic (exact) mass is 276 g/mol. The first-order chi connectivity index (χ1) is 9.20. The van der Waals surface area contributed by atoms with Crippen LogP contribution >= 0.6 is 11.3 Å². The van der Waals surface area contributed by atoms with E-state index in [1.54, 1.807) is 17.5 Å². The highest BCUT2D eigenvalue weighted by Gasteiger charge is 2.13. The molecule has 6 heteroatoms. The third kappa shape index (κ3) is 3.51. The summed E-state index contributed by atoms with van der Waals surface area (Å²) in [4.78, 5) is 21.4. The molecular formula is C13H16N4OS. The normalized spacial score (nSPS) is 11.9. The van der Waals surface area contributed by atoms with E-state index in [0.29, 0.717) is 11.5 Å². The summed E-state index contributed by atoms with van der Waals surface area (Å²) in [7, 11) is 0. The molecule has 0 saturated carbocycles. The lowest BCUT2D eigenvalue weighted by Gasteiger charge is -2.12. The molecule has 1 atom stereocenters. The molecule has 0 spiro atoms. The number of carbonyl (C=O) groups excluding carboxylic acids is 1. The first-order valence-corrected chi connectivity index (χ1v) is 6.99. The van der Waals surface area contributed by atoms with E-state index in [2.05, 4.69) is 20.6 Å². The largest absolute Gasteiger partial charge is 0.369 e. The summed E-state index contributed by atoms with van der Waals surface area (Å²) in [5, 5.41) is 7.93. The van der Waals surface area contributed by atoms with Gasteiger partial charge in [-0.1, -0.05) is 6.07 Å². The zero-order chi connectivity index (χ0) is 13.7. The van der Waals surface area contributed by atoms with Crippen molar-refractivity contribution in [2.75, 3.05) is 11.9 Å². The molecule has 1 unspecified atom stereocenters. The van der Waals surface area contributed by atoms with E-state index in [1.165, 1.54) is 6.20 Å². The maximum atomic E-state index is 12.1. The summed E-state index contributed by atoms with van der Waals surface area (Å²) in [5.41, 5.74) is 0.321. The van der Waals surface area contributed by atoms with Crippen molar-refractivity contribution < 1.29 is 4.79 Å². The van der Waals surface area contributed by atoms with E-state index in [4.69, 9.17) is 0 Å².